The Balaban J connectivity index is 1.83. The van der Waals surface area contributed by atoms with Gasteiger partial charge in [-0.2, -0.15) is 5.10 Å². The number of likely N-dealkylation sites (N-methyl/N-ethyl adjacent to an activating group) is 1. The Morgan fingerprint density at radius 1 is 0.971 bits per heavy atom. The van der Waals surface area contributed by atoms with Gasteiger partial charge in [0.25, 0.3) is 0 Å². The van der Waals surface area contributed by atoms with Crippen molar-refractivity contribution in [2.45, 2.75) is 12.8 Å². The molecule has 1 heterocycles. The average Bonchev–Trinajstić information content (AvgIpc) is 3.23. The zero-order chi connectivity index (χ0) is 24.8. The number of hydrogen-bond acceptors (Lipinski definition) is 4. The van der Waals surface area contributed by atoms with E-state index in [1.807, 2.05) is 44.2 Å². The zero-order valence-electron chi connectivity index (χ0n) is 20.5. The molecule has 1 N–H and O–H groups in total. The first-order chi connectivity index (χ1) is 17.0. The summed E-state index contributed by atoms with van der Waals surface area (Å²) in [6, 6.07) is 23.2. The molecule has 1 aromatic heterocycles. The summed E-state index contributed by atoms with van der Waals surface area (Å²) in [5.41, 5.74) is 6.83. The summed E-state index contributed by atoms with van der Waals surface area (Å²) in [4.78, 5) is 2.11. The van der Waals surface area contributed by atoms with Gasteiger partial charge < -0.3 is 14.7 Å². The molecule has 0 aliphatic heterocycles. The van der Waals surface area contributed by atoms with Crippen LogP contribution in [0.3, 0.4) is 0 Å². The van der Waals surface area contributed by atoms with E-state index in [-0.39, 0.29) is 6.61 Å². The van der Waals surface area contributed by atoms with Gasteiger partial charge in [0, 0.05) is 30.1 Å². The first-order valence-electron chi connectivity index (χ1n) is 11.9. The van der Waals surface area contributed by atoms with Gasteiger partial charge >= 0.3 is 0 Å². The molecule has 0 saturated carbocycles. The minimum Gasteiger partial charge on any atom is -0.492 e. The summed E-state index contributed by atoms with van der Waals surface area (Å²) in [7, 11) is 6.05. The molecule has 5 nitrogen and oxygen atoms in total. The summed E-state index contributed by atoms with van der Waals surface area (Å²) in [5.74, 6) is 0.860. The standard InChI is InChI=1S/C29H32BrN3O2/c1-32(2)16-18-35-26-14-10-22(11-15-26)29(21-8-12-25(30)13-9-21)27(5-4-17-34)23-6-7-24-20-31-33(3)28(24)19-23/h6-15,19-20,34H,4-5,16-18H2,1-3H3/b29-27-. The van der Waals surface area contributed by atoms with Crippen LogP contribution in [0.2, 0.25) is 0 Å². The highest BCUT2D eigenvalue weighted by atomic mass is 79.9. The second kappa shape index (κ2) is 11.7. The van der Waals surface area contributed by atoms with E-state index in [0.29, 0.717) is 13.0 Å². The molecule has 0 fully saturated rings. The molecule has 0 aliphatic carbocycles. The minimum absolute atomic E-state index is 0.143. The largest absolute Gasteiger partial charge is 0.492 e. The van der Waals surface area contributed by atoms with Crippen molar-refractivity contribution in [3.8, 4) is 5.75 Å². The number of rotatable bonds is 10. The normalized spacial score (nSPS) is 12.3. The lowest BCUT2D eigenvalue weighted by Gasteiger charge is -2.18. The molecular weight excluding hydrogens is 502 g/mol. The minimum atomic E-state index is 0.143. The number of aliphatic hydroxyl groups excluding tert-OH is 1. The van der Waals surface area contributed by atoms with Gasteiger partial charge in [0.1, 0.15) is 12.4 Å². The van der Waals surface area contributed by atoms with Crippen molar-refractivity contribution in [1.82, 2.24) is 14.7 Å². The number of nitrogens with zero attached hydrogens (tertiary/aromatic N) is 3. The van der Waals surface area contributed by atoms with E-state index in [0.717, 1.165) is 56.4 Å². The lowest BCUT2D eigenvalue weighted by Crippen LogP contribution is -2.19. The average molecular weight is 534 g/mol. The maximum atomic E-state index is 9.70. The predicted octanol–water partition coefficient (Wildman–Crippen LogP) is 6.01. The first-order valence-corrected chi connectivity index (χ1v) is 12.7. The lowest BCUT2D eigenvalue weighted by atomic mass is 9.87. The Bertz CT molecular complexity index is 1290. The van der Waals surface area contributed by atoms with E-state index in [1.165, 1.54) is 5.57 Å². The summed E-state index contributed by atoms with van der Waals surface area (Å²) < 4.78 is 8.87. The van der Waals surface area contributed by atoms with E-state index in [2.05, 4.69) is 80.5 Å². The summed E-state index contributed by atoms with van der Waals surface area (Å²) >= 11 is 3.57. The first kappa shape index (κ1) is 25.2. The summed E-state index contributed by atoms with van der Waals surface area (Å²) in [6.07, 6.45) is 3.33. The monoisotopic (exact) mass is 533 g/mol. The van der Waals surface area contributed by atoms with Gasteiger partial charge in [-0.3, -0.25) is 4.68 Å². The second-order valence-corrected chi connectivity index (χ2v) is 9.82. The van der Waals surface area contributed by atoms with Gasteiger partial charge in [-0.25, -0.2) is 0 Å². The van der Waals surface area contributed by atoms with Gasteiger partial charge in [0.05, 0.1) is 11.7 Å². The van der Waals surface area contributed by atoms with E-state index in [1.54, 1.807) is 0 Å². The van der Waals surface area contributed by atoms with Crippen LogP contribution in [0.4, 0.5) is 0 Å². The van der Waals surface area contributed by atoms with Crippen LogP contribution in [0, 0.1) is 0 Å². The topological polar surface area (TPSA) is 50.5 Å². The van der Waals surface area contributed by atoms with Gasteiger partial charge in [-0.05, 0) is 85.1 Å². The Labute approximate surface area is 215 Å². The number of halogens is 1. The number of aryl methyl sites for hydroxylation is 1. The van der Waals surface area contributed by atoms with Crippen molar-refractivity contribution in [3.63, 3.8) is 0 Å². The molecular formula is C29H32BrN3O2. The molecule has 0 spiro atoms. The molecule has 35 heavy (non-hydrogen) atoms. The molecule has 0 atom stereocenters. The molecule has 0 amide bonds. The van der Waals surface area contributed by atoms with Crippen molar-refractivity contribution < 1.29 is 9.84 Å². The van der Waals surface area contributed by atoms with E-state index in [9.17, 15) is 5.11 Å². The molecule has 6 heteroatoms. The number of fused-ring (bicyclic) bond motifs is 1. The molecule has 0 saturated heterocycles. The van der Waals surface area contributed by atoms with Crippen molar-refractivity contribution in [1.29, 1.82) is 0 Å². The Morgan fingerprint density at radius 3 is 2.29 bits per heavy atom. The van der Waals surface area contributed by atoms with Crippen LogP contribution in [0.15, 0.2) is 77.4 Å². The maximum absolute atomic E-state index is 9.70. The maximum Gasteiger partial charge on any atom is 0.119 e. The van der Waals surface area contributed by atoms with Crippen LogP contribution in [0.25, 0.3) is 22.0 Å². The van der Waals surface area contributed by atoms with Crippen LogP contribution >= 0.6 is 15.9 Å². The van der Waals surface area contributed by atoms with Crippen molar-refractivity contribution in [3.05, 3.63) is 94.1 Å². The quantitative estimate of drug-likeness (QED) is 0.253. The Kier molecular flexibility index (Phi) is 8.39. The number of ether oxygens (including phenoxy) is 1. The highest BCUT2D eigenvalue weighted by molar-refractivity contribution is 9.10. The molecule has 182 valence electrons. The van der Waals surface area contributed by atoms with Crippen LogP contribution < -0.4 is 4.74 Å². The summed E-state index contributed by atoms with van der Waals surface area (Å²) in [6.45, 7) is 1.66. The number of aromatic nitrogens is 2. The molecule has 0 unspecified atom stereocenters. The van der Waals surface area contributed by atoms with E-state index in [4.69, 9.17) is 4.74 Å². The zero-order valence-corrected chi connectivity index (χ0v) is 22.1. The number of aliphatic hydroxyl groups is 1. The van der Waals surface area contributed by atoms with Gasteiger partial charge in [-0.1, -0.05) is 52.3 Å². The fourth-order valence-electron chi connectivity index (χ4n) is 4.20. The number of hydrogen-bond donors (Lipinski definition) is 1. The van der Waals surface area contributed by atoms with E-state index < -0.39 is 0 Å². The molecule has 4 aromatic rings. The van der Waals surface area contributed by atoms with Crippen molar-refractivity contribution in [2.24, 2.45) is 7.05 Å². The highest BCUT2D eigenvalue weighted by Crippen LogP contribution is 2.37. The fourth-order valence-corrected chi connectivity index (χ4v) is 4.46. The molecule has 0 aliphatic rings. The molecule has 0 radical (unpaired) electrons. The fraction of sp³-hybridized carbons (Fsp3) is 0.276. The predicted molar refractivity (Wildman–Crippen MR) is 148 cm³/mol. The number of benzene rings is 3. The number of allylic oxidation sites excluding steroid dienone is 1. The third kappa shape index (κ3) is 6.20. The van der Waals surface area contributed by atoms with Crippen molar-refractivity contribution in [2.75, 3.05) is 33.9 Å². The van der Waals surface area contributed by atoms with Crippen LogP contribution in [0.5, 0.6) is 5.75 Å². The third-order valence-corrected chi connectivity index (χ3v) is 6.60. The van der Waals surface area contributed by atoms with Gasteiger partial charge in [-0.15, -0.1) is 0 Å². The highest BCUT2D eigenvalue weighted by Gasteiger charge is 2.16. The Morgan fingerprint density at radius 2 is 1.63 bits per heavy atom. The van der Waals surface area contributed by atoms with Crippen molar-refractivity contribution >= 4 is 38.0 Å². The van der Waals surface area contributed by atoms with Crippen LogP contribution in [0.1, 0.15) is 29.5 Å². The molecule has 4 rings (SSSR count). The van der Waals surface area contributed by atoms with Gasteiger partial charge in [0.2, 0.25) is 0 Å². The second-order valence-electron chi connectivity index (χ2n) is 8.91. The molecule has 3 aromatic carbocycles. The summed E-state index contributed by atoms with van der Waals surface area (Å²) in [5, 5.41) is 15.2. The SMILES string of the molecule is CN(C)CCOc1ccc(/C(=C(/CCCO)c2ccc3cnn(C)c3c2)c2ccc(Br)cc2)cc1. The lowest BCUT2D eigenvalue weighted by molar-refractivity contribution is 0.261. The van der Waals surface area contributed by atoms with Gasteiger partial charge in [0.15, 0.2) is 0 Å². The van der Waals surface area contributed by atoms with E-state index >= 15 is 0 Å². The Hall–Kier alpha value is -2.93. The van der Waals surface area contributed by atoms with Crippen LogP contribution in [-0.4, -0.2) is 53.6 Å². The third-order valence-electron chi connectivity index (χ3n) is 6.07. The molecule has 0 bridgehead atoms. The smallest absolute Gasteiger partial charge is 0.119 e. The van der Waals surface area contributed by atoms with Crippen LogP contribution in [-0.2, 0) is 7.05 Å².